The fourth-order valence-corrected chi connectivity index (χ4v) is 3.55. The number of amides is 2. The largest absolute Gasteiger partial charge is 0.491 e. The summed E-state index contributed by atoms with van der Waals surface area (Å²) in [5, 5.41) is 2.86. The summed E-state index contributed by atoms with van der Waals surface area (Å²) in [6, 6.07) is 5.80. The van der Waals surface area contributed by atoms with Crippen LogP contribution >= 0.6 is 0 Å². The number of carbonyl (C=O) groups is 2. The van der Waals surface area contributed by atoms with Crippen LogP contribution in [0, 0.1) is 6.92 Å². The lowest BCUT2D eigenvalue weighted by molar-refractivity contribution is -0.114. The molecule has 1 aromatic carbocycles. The molecular weight excluding hydrogens is 394 g/mol. The zero-order valence-corrected chi connectivity index (χ0v) is 19.8. The smallest absolute Gasteiger partial charge is 0.410 e. The molecule has 1 aromatic rings. The standard InChI is InChI=1S/C24H39N3O4/c1-19-11-10-12-21(22(19)25-20(2)28)30-18-9-7-6-8-13-26-14-16-27(17-15-26)23(29)31-24(3,4)5/h10-12H,6-9,13-18H2,1-5H3,(H,25,28). The number of nitrogens with one attached hydrogen (secondary N) is 1. The number of para-hydroxylation sites is 1. The number of piperazine rings is 1. The van der Waals surface area contributed by atoms with Gasteiger partial charge >= 0.3 is 6.09 Å². The van der Waals surface area contributed by atoms with E-state index in [1.807, 2.05) is 45.9 Å². The van der Waals surface area contributed by atoms with Gasteiger partial charge in [-0.15, -0.1) is 0 Å². The van der Waals surface area contributed by atoms with E-state index >= 15 is 0 Å². The van der Waals surface area contributed by atoms with E-state index in [-0.39, 0.29) is 12.0 Å². The monoisotopic (exact) mass is 433 g/mol. The SMILES string of the molecule is CC(=O)Nc1c(C)cccc1OCCCCCCN1CCN(C(=O)OC(C)(C)C)CC1. The van der Waals surface area contributed by atoms with E-state index in [2.05, 4.69) is 10.2 Å². The molecule has 1 N–H and O–H groups in total. The Morgan fingerprint density at radius 3 is 2.35 bits per heavy atom. The van der Waals surface area contributed by atoms with Crippen molar-refractivity contribution < 1.29 is 19.1 Å². The van der Waals surface area contributed by atoms with Gasteiger partial charge in [-0.2, -0.15) is 0 Å². The topological polar surface area (TPSA) is 71.1 Å². The van der Waals surface area contributed by atoms with E-state index in [1.54, 1.807) is 4.90 Å². The minimum atomic E-state index is -0.442. The van der Waals surface area contributed by atoms with Crippen molar-refractivity contribution in [2.45, 2.75) is 65.9 Å². The van der Waals surface area contributed by atoms with Gasteiger partial charge < -0.3 is 19.7 Å². The third-order valence-electron chi connectivity index (χ3n) is 5.19. The van der Waals surface area contributed by atoms with Gasteiger partial charge in [0.2, 0.25) is 5.91 Å². The first kappa shape index (κ1) is 25.0. The quantitative estimate of drug-likeness (QED) is 0.583. The second-order valence-electron chi connectivity index (χ2n) is 9.20. The first-order chi connectivity index (χ1) is 14.7. The lowest BCUT2D eigenvalue weighted by Gasteiger charge is -2.35. The second-order valence-corrected chi connectivity index (χ2v) is 9.20. The maximum Gasteiger partial charge on any atom is 0.410 e. The normalized spacial score (nSPS) is 14.9. The molecule has 0 saturated carbocycles. The molecule has 1 saturated heterocycles. The third-order valence-corrected chi connectivity index (χ3v) is 5.19. The Labute approximate surface area is 187 Å². The van der Waals surface area contributed by atoms with Crippen LogP contribution in [0.4, 0.5) is 10.5 Å². The molecule has 31 heavy (non-hydrogen) atoms. The molecule has 7 nitrogen and oxygen atoms in total. The Morgan fingerprint density at radius 2 is 1.71 bits per heavy atom. The maximum absolute atomic E-state index is 12.1. The Bertz CT molecular complexity index is 722. The van der Waals surface area contributed by atoms with Gasteiger partial charge in [0.1, 0.15) is 11.4 Å². The average Bonchev–Trinajstić information content (AvgIpc) is 2.68. The Hall–Kier alpha value is -2.28. The van der Waals surface area contributed by atoms with Crippen LogP contribution in [0.15, 0.2) is 18.2 Å². The molecule has 1 heterocycles. The summed E-state index contributed by atoms with van der Waals surface area (Å²) in [6.45, 7) is 14.1. The minimum Gasteiger partial charge on any atom is -0.491 e. The molecular formula is C24H39N3O4. The summed E-state index contributed by atoms with van der Waals surface area (Å²) in [5.41, 5.74) is 1.32. The fourth-order valence-electron chi connectivity index (χ4n) is 3.55. The van der Waals surface area contributed by atoms with E-state index < -0.39 is 5.60 Å². The zero-order valence-electron chi connectivity index (χ0n) is 19.8. The van der Waals surface area contributed by atoms with Crippen LogP contribution in [0.1, 0.15) is 58.9 Å². The number of anilines is 1. The molecule has 174 valence electrons. The summed E-state index contributed by atoms with van der Waals surface area (Å²) in [6.07, 6.45) is 4.19. The van der Waals surface area contributed by atoms with Crippen molar-refractivity contribution in [3.63, 3.8) is 0 Å². The lowest BCUT2D eigenvalue weighted by atomic mass is 10.1. The highest BCUT2D eigenvalue weighted by Crippen LogP contribution is 2.28. The van der Waals surface area contributed by atoms with Gasteiger partial charge in [-0.05, 0) is 58.7 Å². The number of hydrogen-bond donors (Lipinski definition) is 1. The molecule has 0 radical (unpaired) electrons. The number of unbranched alkanes of at least 4 members (excludes halogenated alkanes) is 3. The van der Waals surface area contributed by atoms with Gasteiger partial charge in [-0.3, -0.25) is 9.69 Å². The molecule has 0 spiro atoms. The molecule has 0 atom stereocenters. The molecule has 0 aromatic heterocycles. The van der Waals surface area contributed by atoms with Crippen LogP contribution in [-0.2, 0) is 9.53 Å². The van der Waals surface area contributed by atoms with E-state index in [0.29, 0.717) is 6.61 Å². The third kappa shape index (κ3) is 9.17. The summed E-state index contributed by atoms with van der Waals surface area (Å²) >= 11 is 0. The Balaban J connectivity index is 1.57. The number of benzene rings is 1. The molecule has 1 aliphatic heterocycles. The Morgan fingerprint density at radius 1 is 1.03 bits per heavy atom. The number of ether oxygens (including phenoxy) is 2. The van der Waals surface area contributed by atoms with Gasteiger partial charge in [0.05, 0.1) is 12.3 Å². The minimum absolute atomic E-state index is 0.0916. The van der Waals surface area contributed by atoms with E-state index in [1.165, 1.54) is 6.92 Å². The predicted molar refractivity (Wildman–Crippen MR) is 124 cm³/mol. The summed E-state index contributed by atoms with van der Waals surface area (Å²) < 4.78 is 11.4. The van der Waals surface area contributed by atoms with Crippen LogP contribution in [0.2, 0.25) is 0 Å². The van der Waals surface area contributed by atoms with Crippen molar-refractivity contribution in [2.24, 2.45) is 0 Å². The predicted octanol–water partition coefficient (Wildman–Crippen LogP) is 4.45. The van der Waals surface area contributed by atoms with Crippen molar-refractivity contribution in [2.75, 3.05) is 44.6 Å². The van der Waals surface area contributed by atoms with E-state index in [0.717, 1.165) is 75.4 Å². The number of hydrogen-bond acceptors (Lipinski definition) is 5. The fraction of sp³-hybridized carbons (Fsp3) is 0.667. The number of rotatable bonds is 9. The van der Waals surface area contributed by atoms with E-state index in [9.17, 15) is 9.59 Å². The summed E-state index contributed by atoms with van der Waals surface area (Å²) in [5.74, 6) is 0.643. The highest BCUT2D eigenvalue weighted by molar-refractivity contribution is 5.91. The average molecular weight is 434 g/mol. The molecule has 7 heteroatoms. The van der Waals surface area contributed by atoms with Crippen LogP contribution in [0.3, 0.4) is 0 Å². The van der Waals surface area contributed by atoms with Crippen LogP contribution in [-0.4, -0.2) is 66.7 Å². The van der Waals surface area contributed by atoms with Crippen LogP contribution in [0.5, 0.6) is 5.75 Å². The molecule has 1 fully saturated rings. The first-order valence-corrected chi connectivity index (χ1v) is 11.4. The highest BCUT2D eigenvalue weighted by Gasteiger charge is 2.25. The van der Waals surface area contributed by atoms with Crippen molar-refractivity contribution in [1.82, 2.24) is 9.80 Å². The van der Waals surface area contributed by atoms with Crippen molar-refractivity contribution >= 4 is 17.7 Å². The van der Waals surface area contributed by atoms with Crippen LogP contribution in [0.25, 0.3) is 0 Å². The van der Waals surface area contributed by atoms with Crippen molar-refractivity contribution in [1.29, 1.82) is 0 Å². The molecule has 2 amide bonds. The molecule has 0 bridgehead atoms. The van der Waals surface area contributed by atoms with Crippen molar-refractivity contribution in [3.05, 3.63) is 23.8 Å². The van der Waals surface area contributed by atoms with Gasteiger partial charge in [0.25, 0.3) is 0 Å². The van der Waals surface area contributed by atoms with Gasteiger partial charge in [-0.1, -0.05) is 25.0 Å². The highest BCUT2D eigenvalue weighted by atomic mass is 16.6. The molecule has 2 rings (SSSR count). The Kier molecular flexibility index (Phi) is 9.62. The molecule has 0 unspecified atom stereocenters. The van der Waals surface area contributed by atoms with Crippen molar-refractivity contribution in [3.8, 4) is 5.75 Å². The first-order valence-electron chi connectivity index (χ1n) is 11.4. The van der Waals surface area contributed by atoms with Gasteiger partial charge in [0, 0.05) is 33.1 Å². The number of nitrogens with zero attached hydrogens (tertiary/aromatic N) is 2. The molecule has 1 aliphatic rings. The molecule has 0 aliphatic carbocycles. The van der Waals surface area contributed by atoms with Gasteiger partial charge in [-0.25, -0.2) is 4.79 Å². The lowest BCUT2D eigenvalue weighted by Crippen LogP contribution is -2.50. The second kappa shape index (κ2) is 11.9. The van der Waals surface area contributed by atoms with Crippen LogP contribution < -0.4 is 10.1 Å². The van der Waals surface area contributed by atoms with Gasteiger partial charge in [0.15, 0.2) is 0 Å². The van der Waals surface area contributed by atoms with E-state index in [4.69, 9.17) is 9.47 Å². The number of aryl methyl sites for hydroxylation is 1. The maximum atomic E-state index is 12.1. The number of carbonyl (C=O) groups excluding carboxylic acids is 2. The summed E-state index contributed by atoms with van der Waals surface area (Å²) in [7, 11) is 0. The zero-order chi connectivity index (χ0) is 22.9. The summed E-state index contributed by atoms with van der Waals surface area (Å²) in [4.78, 5) is 27.8.